The van der Waals surface area contributed by atoms with Gasteiger partial charge in [0.1, 0.15) is 29.0 Å². The standard InChI is InChI=1S/C24H21FN2O4/c1-29-22-9-3-16(13-23(22)30-2)11-12-27-24(28)18(15-26)14-20-8-10-21(31-20)17-4-6-19(25)7-5-17/h3-10,13-14H,11-12H2,1-2H3,(H,27,28). The number of carbonyl (C=O) groups is 1. The van der Waals surface area contributed by atoms with Gasteiger partial charge in [-0.2, -0.15) is 5.26 Å². The van der Waals surface area contributed by atoms with Crippen LogP contribution in [0.4, 0.5) is 4.39 Å². The minimum Gasteiger partial charge on any atom is -0.493 e. The summed E-state index contributed by atoms with van der Waals surface area (Å²) in [5.74, 6) is 1.26. The summed E-state index contributed by atoms with van der Waals surface area (Å²) in [4.78, 5) is 12.4. The summed E-state index contributed by atoms with van der Waals surface area (Å²) >= 11 is 0. The lowest BCUT2D eigenvalue weighted by molar-refractivity contribution is -0.117. The summed E-state index contributed by atoms with van der Waals surface area (Å²) in [5.41, 5.74) is 1.57. The van der Waals surface area contributed by atoms with Crippen LogP contribution in [0, 0.1) is 17.1 Å². The molecule has 1 heterocycles. The van der Waals surface area contributed by atoms with Crippen molar-refractivity contribution in [3.63, 3.8) is 0 Å². The largest absolute Gasteiger partial charge is 0.493 e. The van der Waals surface area contributed by atoms with E-state index >= 15 is 0 Å². The number of nitrogens with zero attached hydrogens (tertiary/aromatic N) is 1. The predicted molar refractivity (Wildman–Crippen MR) is 114 cm³/mol. The molecule has 0 bridgehead atoms. The lowest BCUT2D eigenvalue weighted by atomic mass is 10.1. The predicted octanol–water partition coefficient (Wildman–Crippen LogP) is 4.37. The van der Waals surface area contributed by atoms with E-state index < -0.39 is 5.91 Å². The van der Waals surface area contributed by atoms with Crippen LogP contribution in [0.1, 0.15) is 11.3 Å². The molecule has 1 N–H and O–H groups in total. The van der Waals surface area contributed by atoms with Crippen molar-refractivity contribution in [1.82, 2.24) is 5.32 Å². The third kappa shape index (κ3) is 5.52. The highest BCUT2D eigenvalue weighted by Crippen LogP contribution is 2.27. The molecule has 0 atom stereocenters. The first-order chi connectivity index (χ1) is 15.0. The average molecular weight is 420 g/mol. The fourth-order valence-corrected chi connectivity index (χ4v) is 2.94. The normalized spacial score (nSPS) is 11.0. The summed E-state index contributed by atoms with van der Waals surface area (Å²) in [5, 5.41) is 12.1. The van der Waals surface area contributed by atoms with Crippen LogP contribution in [0.25, 0.3) is 17.4 Å². The monoisotopic (exact) mass is 420 g/mol. The first-order valence-corrected chi connectivity index (χ1v) is 9.50. The molecule has 1 aromatic heterocycles. The number of nitrogens with one attached hydrogen (secondary N) is 1. The van der Waals surface area contributed by atoms with E-state index in [9.17, 15) is 14.4 Å². The van der Waals surface area contributed by atoms with Crippen LogP contribution in [0.3, 0.4) is 0 Å². The van der Waals surface area contributed by atoms with Crippen molar-refractivity contribution in [2.45, 2.75) is 6.42 Å². The Labute approximate surface area is 179 Å². The van der Waals surface area contributed by atoms with Gasteiger partial charge in [0, 0.05) is 18.2 Å². The molecule has 3 rings (SSSR count). The number of nitriles is 1. The Hall–Kier alpha value is -4.05. The zero-order valence-electron chi connectivity index (χ0n) is 17.1. The second-order valence-corrected chi connectivity index (χ2v) is 6.57. The molecule has 7 heteroatoms. The highest BCUT2D eigenvalue weighted by atomic mass is 19.1. The molecule has 0 aliphatic heterocycles. The SMILES string of the molecule is COc1ccc(CCNC(=O)C(C#N)=Cc2ccc(-c3ccc(F)cc3)o2)cc1OC. The topological polar surface area (TPSA) is 84.5 Å². The van der Waals surface area contributed by atoms with E-state index in [0.717, 1.165) is 5.56 Å². The van der Waals surface area contributed by atoms with Gasteiger partial charge in [-0.1, -0.05) is 6.07 Å². The number of methoxy groups -OCH3 is 2. The second-order valence-electron chi connectivity index (χ2n) is 6.57. The third-order valence-electron chi connectivity index (χ3n) is 4.55. The van der Waals surface area contributed by atoms with Crippen molar-refractivity contribution in [3.05, 3.63) is 77.3 Å². The Morgan fingerprint density at radius 1 is 1.10 bits per heavy atom. The first kappa shape index (κ1) is 21.7. The van der Waals surface area contributed by atoms with E-state index in [1.165, 1.54) is 18.2 Å². The van der Waals surface area contributed by atoms with Crippen LogP contribution in [0.15, 0.2) is 64.6 Å². The number of hydrogen-bond acceptors (Lipinski definition) is 5. The van der Waals surface area contributed by atoms with Gasteiger partial charge in [-0.15, -0.1) is 0 Å². The van der Waals surface area contributed by atoms with Crippen molar-refractivity contribution in [2.24, 2.45) is 0 Å². The van der Waals surface area contributed by atoms with Gasteiger partial charge in [0.15, 0.2) is 11.5 Å². The molecule has 0 saturated heterocycles. The smallest absolute Gasteiger partial charge is 0.262 e. The molecule has 0 unspecified atom stereocenters. The Morgan fingerprint density at radius 2 is 1.84 bits per heavy atom. The van der Waals surface area contributed by atoms with Crippen LogP contribution >= 0.6 is 0 Å². The van der Waals surface area contributed by atoms with Gasteiger partial charge in [0.25, 0.3) is 5.91 Å². The minimum absolute atomic E-state index is 0.0766. The van der Waals surface area contributed by atoms with Crippen molar-refractivity contribution >= 4 is 12.0 Å². The lowest BCUT2D eigenvalue weighted by Gasteiger charge is -2.10. The number of rotatable bonds is 8. The van der Waals surface area contributed by atoms with Crippen LogP contribution in [0.5, 0.6) is 11.5 Å². The molecule has 6 nitrogen and oxygen atoms in total. The number of carbonyl (C=O) groups excluding carboxylic acids is 1. The Bertz CT molecular complexity index is 1130. The molecular formula is C24H21FN2O4. The molecule has 0 fully saturated rings. The number of ether oxygens (including phenoxy) is 2. The van der Waals surface area contributed by atoms with Crippen molar-refractivity contribution in [1.29, 1.82) is 5.26 Å². The van der Waals surface area contributed by atoms with Crippen molar-refractivity contribution in [3.8, 4) is 28.9 Å². The molecular weight excluding hydrogens is 399 g/mol. The van der Waals surface area contributed by atoms with Gasteiger partial charge in [-0.3, -0.25) is 4.79 Å². The lowest BCUT2D eigenvalue weighted by Crippen LogP contribution is -2.26. The molecule has 3 aromatic rings. The molecule has 0 radical (unpaired) electrons. The van der Waals surface area contributed by atoms with E-state index in [-0.39, 0.29) is 11.4 Å². The summed E-state index contributed by atoms with van der Waals surface area (Å²) in [7, 11) is 3.12. The summed E-state index contributed by atoms with van der Waals surface area (Å²) in [6.07, 6.45) is 1.93. The Kier molecular flexibility index (Phi) is 7.07. The van der Waals surface area contributed by atoms with E-state index in [1.807, 2.05) is 18.2 Å². The maximum atomic E-state index is 13.1. The molecule has 1 amide bonds. The third-order valence-corrected chi connectivity index (χ3v) is 4.55. The number of hydrogen-bond donors (Lipinski definition) is 1. The molecule has 158 valence electrons. The van der Waals surface area contributed by atoms with Gasteiger partial charge >= 0.3 is 0 Å². The molecule has 31 heavy (non-hydrogen) atoms. The number of benzene rings is 2. The maximum absolute atomic E-state index is 13.1. The highest BCUT2D eigenvalue weighted by Gasteiger charge is 2.11. The number of furan rings is 1. The number of halogens is 1. The fourth-order valence-electron chi connectivity index (χ4n) is 2.94. The summed E-state index contributed by atoms with van der Waals surface area (Å²) < 4.78 is 29.2. The molecule has 0 spiro atoms. The molecule has 2 aromatic carbocycles. The molecule has 0 aliphatic carbocycles. The van der Waals surface area contributed by atoms with Gasteiger partial charge < -0.3 is 19.2 Å². The van der Waals surface area contributed by atoms with Crippen molar-refractivity contribution < 1.29 is 23.1 Å². The molecule has 0 aliphatic rings. The second kappa shape index (κ2) is 10.1. The van der Waals surface area contributed by atoms with E-state index in [0.29, 0.717) is 41.5 Å². The van der Waals surface area contributed by atoms with E-state index in [4.69, 9.17) is 13.9 Å². The minimum atomic E-state index is -0.497. The van der Waals surface area contributed by atoms with Gasteiger partial charge in [0.2, 0.25) is 0 Å². The van der Waals surface area contributed by atoms with Gasteiger partial charge in [-0.05, 0) is 60.5 Å². The Balaban J connectivity index is 1.62. The highest BCUT2D eigenvalue weighted by molar-refractivity contribution is 6.01. The van der Waals surface area contributed by atoms with Crippen LogP contribution in [0.2, 0.25) is 0 Å². The van der Waals surface area contributed by atoms with Crippen molar-refractivity contribution in [2.75, 3.05) is 20.8 Å². The zero-order chi connectivity index (χ0) is 22.2. The fraction of sp³-hybridized carbons (Fsp3) is 0.167. The molecule has 0 saturated carbocycles. The average Bonchev–Trinajstić information content (AvgIpc) is 3.26. The van der Waals surface area contributed by atoms with E-state index in [1.54, 1.807) is 44.6 Å². The van der Waals surface area contributed by atoms with E-state index in [2.05, 4.69) is 5.32 Å². The Morgan fingerprint density at radius 3 is 2.52 bits per heavy atom. The van der Waals surface area contributed by atoms with Gasteiger partial charge in [-0.25, -0.2) is 4.39 Å². The van der Waals surface area contributed by atoms with Crippen LogP contribution in [-0.2, 0) is 11.2 Å². The van der Waals surface area contributed by atoms with Gasteiger partial charge in [0.05, 0.1) is 14.2 Å². The quantitative estimate of drug-likeness (QED) is 0.432. The summed E-state index contributed by atoms with van der Waals surface area (Å²) in [6, 6.07) is 16.6. The van der Waals surface area contributed by atoms with Crippen LogP contribution in [-0.4, -0.2) is 26.7 Å². The first-order valence-electron chi connectivity index (χ1n) is 9.50. The number of amides is 1. The zero-order valence-corrected chi connectivity index (χ0v) is 17.1. The summed E-state index contributed by atoms with van der Waals surface area (Å²) in [6.45, 7) is 0.340. The maximum Gasteiger partial charge on any atom is 0.262 e. The van der Waals surface area contributed by atoms with Crippen LogP contribution < -0.4 is 14.8 Å².